The van der Waals surface area contributed by atoms with Gasteiger partial charge in [0, 0.05) is 12.7 Å². The van der Waals surface area contributed by atoms with E-state index in [1.807, 2.05) is 30.3 Å². The van der Waals surface area contributed by atoms with Crippen molar-refractivity contribution >= 4 is 17.5 Å². The van der Waals surface area contributed by atoms with Gasteiger partial charge in [0.15, 0.2) is 0 Å². The summed E-state index contributed by atoms with van der Waals surface area (Å²) in [5, 5.41) is 3.19. The molecule has 2 aromatic rings. The average Bonchev–Trinajstić information content (AvgIpc) is 2.46. The highest BCUT2D eigenvalue weighted by Crippen LogP contribution is 2.19. The zero-order chi connectivity index (χ0) is 13.7. The van der Waals surface area contributed by atoms with Gasteiger partial charge < -0.3 is 10.1 Å². The predicted molar refractivity (Wildman–Crippen MR) is 73.4 cm³/mol. The van der Waals surface area contributed by atoms with E-state index in [1.54, 1.807) is 0 Å². The Labute approximate surface area is 116 Å². The maximum Gasteiger partial charge on any atom is 0.257 e. The van der Waals surface area contributed by atoms with E-state index in [0.717, 1.165) is 5.56 Å². The first-order valence-corrected chi connectivity index (χ1v) is 6.10. The van der Waals surface area contributed by atoms with E-state index < -0.39 is 0 Å². The third-order valence-electron chi connectivity index (χ3n) is 2.55. The Morgan fingerprint density at radius 2 is 2.11 bits per heavy atom. The third kappa shape index (κ3) is 3.45. The van der Waals surface area contributed by atoms with Crippen molar-refractivity contribution in [3.63, 3.8) is 0 Å². The van der Waals surface area contributed by atoms with Gasteiger partial charge in [-0.05, 0) is 11.6 Å². The number of nitrogens with zero attached hydrogens (tertiary/aromatic N) is 1. The van der Waals surface area contributed by atoms with E-state index in [0.29, 0.717) is 17.1 Å². The van der Waals surface area contributed by atoms with Gasteiger partial charge in [-0.25, -0.2) is 4.98 Å². The second-order valence-corrected chi connectivity index (χ2v) is 4.32. The average molecular weight is 277 g/mol. The molecule has 98 valence electrons. The highest BCUT2D eigenvalue weighted by atomic mass is 35.5. The van der Waals surface area contributed by atoms with E-state index in [4.69, 9.17) is 16.3 Å². The highest BCUT2D eigenvalue weighted by molar-refractivity contribution is 6.30. The van der Waals surface area contributed by atoms with E-state index in [-0.39, 0.29) is 11.8 Å². The van der Waals surface area contributed by atoms with Crippen molar-refractivity contribution in [3.8, 4) is 5.88 Å². The summed E-state index contributed by atoms with van der Waals surface area (Å²) in [7, 11) is 1.46. The van der Waals surface area contributed by atoms with Crippen LogP contribution < -0.4 is 10.1 Å². The molecule has 1 amide bonds. The monoisotopic (exact) mass is 276 g/mol. The maximum atomic E-state index is 12.1. The summed E-state index contributed by atoms with van der Waals surface area (Å²) in [6, 6.07) is 11.2. The van der Waals surface area contributed by atoms with Gasteiger partial charge in [0.1, 0.15) is 5.56 Å². The molecule has 0 atom stereocenters. The summed E-state index contributed by atoms with van der Waals surface area (Å²) in [6.07, 6.45) is 1.44. The first-order valence-electron chi connectivity index (χ1n) is 5.72. The molecule has 0 radical (unpaired) electrons. The fraction of sp³-hybridized carbons (Fsp3) is 0.143. The molecule has 0 aliphatic heterocycles. The van der Waals surface area contributed by atoms with Crippen LogP contribution in [0.25, 0.3) is 0 Å². The van der Waals surface area contributed by atoms with Crippen LogP contribution in [0.4, 0.5) is 0 Å². The number of carbonyl (C=O) groups is 1. The molecular formula is C14H13ClN2O2. The van der Waals surface area contributed by atoms with Crippen LogP contribution in [0.15, 0.2) is 42.6 Å². The van der Waals surface area contributed by atoms with E-state index in [1.165, 1.54) is 19.4 Å². The summed E-state index contributed by atoms with van der Waals surface area (Å²) in [6.45, 7) is 0.440. The van der Waals surface area contributed by atoms with E-state index in [2.05, 4.69) is 10.3 Å². The molecule has 0 bridgehead atoms. The van der Waals surface area contributed by atoms with Crippen molar-refractivity contribution in [2.75, 3.05) is 7.11 Å². The van der Waals surface area contributed by atoms with Crippen LogP contribution >= 0.6 is 11.6 Å². The number of hydrogen-bond acceptors (Lipinski definition) is 3. The second kappa shape index (κ2) is 6.20. The minimum atomic E-state index is -0.268. The summed E-state index contributed by atoms with van der Waals surface area (Å²) >= 11 is 5.84. The number of benzene rings is 1. The molecule has 0 unspecified atom stereocenters. The van der Waals surface area contributed by atoms with Gasteiger partial charge in [-0.3, -0.25) is 4.79 Å². The number of rotatable bonds is 4. The van der Waals surface area contributed by atoms with Crippen LogP contribution in [0.2, 0.25) is 5.02 Å². The lowest BCUT2D eigenvalue weighted by Crippen LogP contribution is -2.23. The Bertz CT molecular complexity index is 573. The van der Waals surface area contributed by atoms with Gasteiger partial charge in [-0.15, -0.1) is 0 Å². The number of nitrogens with one attached hydrogen (secondary N) is 1. The molecule has 1 aromatic heterocycles. The molecule has 5 heteroatoms. The summed E-state index contributed by atoms with van der Waals surface area (Å²) < 4.78 is 5.04. The number of amides is 1. The van der Waals surface area contributed by atoms with Crippen molar-refractivity contribution in [2.45, 2.75) is 6.54 Å². The Morgan fingerprint density at radius 1 is 1.37 bits per heavy atom. The Kier molecular flexibility index (Phi) is 4.36. The number of carbonyl (C=O) groups excluding carboxylic acids is 1. The largest absolute Gasteiger partial charge is 0.480 e. The van der Waals surface area contributed by atoms with Crippen LogP contribution in [0.3, 0.4) is 0 Å². The summed E-state index contributed by atoms with van der Waals surface area (Å²) in [5.74, 6) is -0.00864. The lowest BCUT2D eigenvalue weighted by molar-refractivity contribution is 0.0947. The third-order valence-corrected chi connectivity index (χ3v) is 2.76. The summed E-state index contributed by atoms with van der Waals surface area (Å²) in [5.41, 5.74) is 1.34. The number of pyridine rings is 1. The van der Waals surface area contributed by atoms with Crippen molar-refractivity contribution in [1.82, 2.24) is 10.3 Å². The fourth-order valence-corrected chi connectivity index (χ4v) is 1.78. The smallest absolute Gasteiger partial charge is 0.257 e. The van der Waals surface area contributed by atoms with Crippen LogP contribution in [-0.4, -0.2) is 18.0 Å². The minimum Gasteiger partial charge on any atom is -0.480 e. The zero-order valence-corrected chi connectivity index (χ0v) is 11.1. The van der Waals surface area contributed by atoms with Crippen molar-refractivity contribution in [1.29, 1.82) is 0 Å². The molecule has 1 heterocycles. The van der Waals surface area contributed by atoms with E-state index in [9.17, 15) is 4.79 Å². The summed E-state index contributed by atoms with van der Waals surface area (Å²) in [4.78, 5) is 16.0. The lowest BCUT2D eigenvalue weighted by Gasteiger charge is -2.08. The molecule has 0 saturated heterocycles. The van der Waals surface area contributed by atoms with Gasteiger partial charge in [0.05, 0.1) is 12.1 Å². The number of methoxy groups -OCH3 is 1. The van der Waals surface area contributed by atoms with Crippen LogP contribution in [0.1, 0.15) is 15.9 Å². The molecule has 0 aliphatic carbocycles. The maximum absolute atomic E-state index is 12.1. The Morgan fingerprint density at radius 3 is 2.79 bits per heavy atom. The quantitative estimate of drug-likeness (QED) is 0.934. The molecule has 0 saturated carbocycles. The minimum absolute atomic E-state index is 0.259. The molecule has 1 N–H and O–H groups in total. The Hall–Kier alpha value is -2.07. The zero-order valence-electron chi connectivity index (χ0n) is 10.4. The first kappa shape index (κ1) is 13.4. The molecule has 1 aromatic carbocycles. The van der Waals surface area contributed by atoms with Crippen LogP contribution in [0.5, 0.6) is 5.88 Å². The highest BCUT2D eigenvalue weighted by Gasteiger charge is 2.13. The van der Waals surface area contributed by atoms with Gasteiger partial charge in [0.25, 0.3) is 5.91 Å². The van der Waals surface area contributed by atoms with E-state index >= 15 is 0 Å². The lowest BCUT2D eigenvalue weighted by atomic mass is 10.2. The van der Waals surface area contributed by atoms with Crippen LogP contribution in [-0.2, 0) is 6.54 Å². The first-order chi connectivity index (χ1) is 9.20. The fourth-order valence-electron chi connectivity index (χ4n) is 1.63. The van der Waals surface area contributed by atoms with Gasteiger partial charge >= 0.3 is 0 Å². The number of halogens is 1. The predicted octanol–water partition coefficient (Wildman–Crippen LogP) is 2.67. The Balaban J connectivity index is 2.10. The second-order valence-electron chi connectivity index (χ2n) is 3.88. The van der Waals surface area contributed by atoms with Crippen LogP contribution in [0, 0.1) is 0 Å². The van der Waals surface area contributed by atoms with Crippen molar-refractivity contribution < 1.29 is 9.53 Å². The number of ether oxygens (including phenoxy) is 1. The van der Waals surface area contributed by atoms with Gasteiger partial charge in [0.2, 0.25) is 5.88 Å². The molecule has 4 nitrogen and oxygen atoms in total. The molecular weight excluding hydrogens is 264 g/mol. The molecule has 0 fully saturated rings. The molecule has 2 rings (SSSR count). The van der Waals surface area contributed by atoms with Crippen molar-refractivity contribution in [3.05, 3.63) is 58.7 Å². The SMILES string of the molecule is COc1ncc(Cl)cc1C(=O)NCc1ccccc1. The molecule has 19 heavy (non-hydrogen) atoms. The topological polar surface area (TPSA) is 51.2 Å². The van der Waals surface area contributed by atoms with Gasteiger partial charge in [-0.1, -0.05) is 41.9 Å². The standard InChI is InChI=1S/C14H13ClN2O2/c1-19-14-12(7-11(15)9-17-14)13(18)16-8-10-5-3-2-4-6-10/h2-7,9H,8H2,1H3,(H,16,18). The number of hydrogen-bond donors (Lipinski definition) is 1. The molecule has 0 aliphatic rings. The number of aromatic nitrogens is 1. The normalized spacial score (nSPS) is 10.0. The van der Waals surface area contributed by atoms with Gasteiger partial charge in [-0.2, -0.15) is 0 Å². The van der Waals surface area contributed by atoms with Crippen molar-refractivity contribution in [2.24, 2.45) is 0 Å². The molecule has 0 spiro atoms.